The van der Waals surface area contributed by atoms with Gasteiger partial charge in [0.15, 0.2) is 0 Å². The quantitative estimate of drug-likeness (QED) is 0.736. The van der Waals surface area contributed by atoms with Gasteiger partial charge in [-0.15, -0.1) is 10.2 Å². The maximum Gasteiger partial charge on any atom is 0.255 e. The second-order valence-corrected chi connectivity index (χ2v) is 5.56. The van der Waals surface area contributed by atoms with Gasteiger partial charge in [0, 0.05) is 23.7 Å². The van der Waals surface area contributed by atoms with Gasteiger partial charge in [-0.3, -0.25) is 9.59 Å². The first-order chi connectivity index (χ1) is 12.6. The Morgan fingerprint density at radius 1 is 1.04 bits per heavy atom. The van der Waals surface area contributed by atoms with E-state index in [2.05, 4.69) is 26.0 Å². The minimum absolute atomic E-state index is 0.163. The van der Waals surface area contributed by atoms with Crippen molar-refractivity contribution in [1.82, 2.24) is 20.2 Å². The number of amides is 2. The van der Waals surface area contributed by atoms with Gasteiger partial charge in [-0.25, -0.2) is 0 Å². The van der Waals surface area contributed by atoms with Gasteiger partial charge in [-0.2, -0.15) is 4.80 Å². The van der Waals surface area contributed by atoms with Gasteiger partial charge >= 0.3 is 0 Å². The molecule has 0 saturated carbocycles. The van der Waals surface area contributed by atoms with E-state index >= 15 is 0 Å². The Morgan fingerprint density at radius 3 is 2.42 bits per heavy atom. The molecule has 0 aliphatic carbocycles. The Morgan fingerprint density at radius 2 is 1.77 bits per heavy atom. The number of hydrogen-bond donors (Lipinski definition) is 2. The lowest BCUT2D eigenvalue weighted by molar-refractivity contribution is -0.114. The number of para-hydroxylation sites is 1. The van der Waals surface area contributed by atoms with E-state index < -0.39 is 0 Å². The molecule has 8 nitrogen and oxygen atoms in total. The number of aromatic nitrogens is 4. The molecule has 0 saturated heterocycles. The van der Waals surface area contributed by atoms with Crippen LogP contribution in [0.3, 0.4) is 0 Å². The fourth-order valence-electron chi connectivity index (χ4n) is 2.37. The van der Waals surface area contributed by atoms with Gasteiger partial charge in [-0.05, 0) is 48.5 Å². The Kier molecular flexibility index (Phi) is 5.02. The first-order valence-electron chi connectivity index (χ1n) is 8.13. The monoisotopic (exact) mass is 350 g/mol. The van der Waals surface area contributed by atoms with Crippen molar-refractivity contribution in [3.63, 3.8) is 0 Å². The number of anilines is 2. The highest BCUT2D eigenvalue weighted by molar-refractivity contribution is 6.06. The van der Waals surface area contributed by atoms with E-state index in [9.17, 15) is 9.59 Å². The number of benzene rings is 2. The van der Waals surface area contributed by atoms with Crippen LogP contribution in [0.15, 0.2) is 48.5 Å². The first-order valence-corrected chi connectivity index (χ1v) is 8.13. The van der Waals surface area contributed by atoms with Crippen LogP contribution < -0.4 is 10.6 Å². The van der Waals surface area contributed by atoms with Crippen LogP contribution in [0.1, 0.15) is 24.2 Å². The largest absolute Gasteiger partial charge is 0.326 e. The predicted molar refractivity (Wildman–Crippen MR) is 97.6 cm³/mol. The van der Waals surface area contributed by atoms with E-state index in [4.69, 9.17) is 0 Å². The number of aryl methyl sites for hydroxylation is 1. The fourth-order valence-corrected chi connectivity index (χ4v) is 2.37. The Hall–Kier alpha value is -3.55. The normalized spacial score (nSPS) is 10.4. The number of rotatable bonds is 5. The van der Waals surface area contributed by atoms with Crippen LogP contribution in [-0.4, -0.2) is 32.0 Å². The van der Waals surface area contributed by atoms with Gasteiger partial charge in [-0.1, -0.05) is 12.1 Å². The molecule has 0 radical (unpaired) electrons. The van der Waals surface area contributed by atoms with E-state index in [1.165, 1.54) is 11.7 Å². The summed E-state index contributed by atoms with van der Waals surface area (Å²) in [5.41, 5.74) is 2.39. The summed E-state index contributed by atoms with van der Waals surface area (Å²) in [4.78, 5) is 25.1. The average Bonchev–Trinajstić information content (AvgIpc) is 3.11. The van der Waals surface area contributed by atoms with Crippen molar-refractivity contribution in [2.75, 3.05) is 10.6 Å². The van der Waals surface area contributed by atoms with Crippen molar-refractivity contribution in [2.45, 2.75) is 20.4 Å². The molecule has 0 unspecified atom stereocenters. The number of carbonyl (C=O) groups excluding carboxylic acids is 2. The summed E-state index contributed by atoms with van der Waals surface area (Å²) < 4.78 is 0. The number of nitrogens with zero attached hydrogens (tertiary/aromatic N) is 4. The molecule has 26 heavy (non-hydrogen) atoms. The summed E-state index contributed by atoms with van der Waals surface area (Å²) in [6, 6.07) is 13.9. The van der Waals surface area contributed by atoms with E-state index in [0.717, 1.165) is 0 Å². The Bertz CT molecular complexity index is 933. The van der Waals surface area contributed by atoms with Gasteiger partial charge in [0.25, 0.3) is 5.91 Å². The predicted octanol–water partition coefficient (Wildman–Crippen LogP) is 2.57. The third-order valence-corrected chi connectivity index (χ3v) is 3.62. The van der Waals surface area contributed by atoms with Gasteiger partial charge in [0.1, 0.15) is 0 Å². The number of tetrazole rings is 1. The second kappa shape index (κ2) is 7.56. The molecule has 0 fully saturated rings. The van der Waals surface area contributed by atoms with Crippen molar-refractivity contribution in [3.05, 3.63) is 54.1 Å². The van der Waals surface area contributed by atoms with E-state index in [0.29, 0.717) is 34.9 Å². The zero-order valence-electron chi connectivity index (χ0n) is 14.4. The summed E-state index contributed by atoms with van der Waals surface area (Å²) in [6.07, 6.45) is 0. The first kappa shape index (κ1) is 17.3. The molecule has 0 bridgehead atoms. The molecule has 0 aliphatic rings. The van der Waals surface area contributed by atoms with Crippen molar-refractivity contribution in [1.29, 1.82) is 0 Å². The van der Waals surface area contributed by atoms with Crippen LogP contribution in [0.2, 0.25) is 0 Å². The summed E-state index contributed by atoms with van der Waals surface area (Å²) in [6.45, 7) is 3.96. The highest BCUT2D eigenvalue weighted by atomic mass is 16.2. The summed E-state index contributed by atoms with van der Waals surface area (Å²) in [5.74, 6) is 0.0159. The lowest BCUT2D eigenvalue weighted by Gasteiger charge is -2.09. The molecule has 2 aromatic carbocycles. The minimum Gasteiger partial charge on any atom is -0.326 e. The van der Waals surface area contributed by atoms with Crippen LogP contribution in [0.4, 0.5) is 11.4 Å². The zero-order valence-corrected chi connectivity index (χ0v) is 14.4. The van der Waals surface area contributed by atoms with Crippen LogP contribution >= 0.6 is 0 Å². The van der Waals surface area contributed by atoms with Gasteiger partial charge < -0.3 is 10.6 Å². The number of nitrogens with one attached hydrogen (secondary N) is 2. The number of carbonyl (C=O) groups is 2. The third kappa shape index (κ3) is 3.92. The van der Waals surface area contributed by atoms with Crippen molar-refractivity contribution < 1.29 is 9.59 Å². The molecule has 0 spiro atoms. The Labute approximate surface area is 150 Å². The SMILES string of the molecule is CCn1nnc(-c2ccccc2NC(=O)c2ccc(NC(C)=O)cc2)n1. The molecule has 1 heterocycles. The maximum absolute atomic E-state index is 12.5. The second-order valence-electron chi connectivity index (χ2n) is 5.56. The summed E-state index contributed by atoms with van der Waals surface area (Å²) in [7, 11) is 0. The lowest BCUT2D eigenvalue weighted by Crippen LogP contribution is -2.13. The topological polar surface area (TPSA) is 102 Å². The van der Waals surface area contributed by atoms with Gasteiger partial charge in [0.2, 0.25) is 11.7 Å². The van der Waals surface area contributed by atoms with Crippen LogP contribution in [0.5, 0.6) is 0 Å². The van der Waals surface area contributed by atoms with Crippen molar-refractivity contribution in [3.8, 4) is 11.4 Å². The van der Waals surface area contributed by atoms with Crippen LogP contribution in [-0.2, 0) is 11.3 Å². The number of hydrogen-bond acceptors (Lipinski definition) is 5. The highest BCUT2D eigenvalue weighted by Gasteiger charge is 2.13. The third-order valence-electron chi connectivity index (χ3n) is 3.62. The molecule has 8 heteroatoms. The lowest BCUT2D eigenvalue weighted by atomic mass is 10.1. The fraction of sp³-hybridized carbons (Fsp3) is 0.167. The molecule has 132 valence electrons. The summed E-state index contributed by atoms with van der Waals surface area (Å²) in [5, 5.41) is 17.8. The average molecular weight is 350 g/mol. The van der Waals surface area contributed by atoms with Crippen molar-refractivity contribution >= 4 is 23.2 Å². The molecule has 2 amide bonds. The van der Waals surface area contributed by atoms with E-state index in [1.54, 1.807) is 30.3 Å². The highest BCUT2D eigenvalue weighted by Crippen LogP contribution is 2.25. The molecular weight excluding hydrogens is 332 g/mol. The standard InChI is InChI=1S/C18H18N6O2/c1-3-24-22-17(21-23-24)15-6-4-5-7-16(15)20-18(26)13-8-10-14(11-9-13)19-12(2)25/h4-11H,3H2,1-2H3,(H,19,25)(H,20,26). The molecule has 0 atom stereocenters. The van der Waals surface area contributed by atoms with E-state index in [1.807, 2.05) is 25.1 Å². The molecule has 3 rings (SSSR count). The van der Waals surface area contributed by atoms with Gasteiger partial charge in [0.05, 0.1) is 12.2 Å². The van der Waals surface area contributed by atoms with Crippen LogP contribution in [0, 0.1) is 0 Å². The molecule has 2 N–H and O–H groups in total. The van der Waals surface area contributed by atoms with Crippen molar-refractivity contribution in [2.24, 2.45) is 0 Å². The maximum atomic E-state index is 12.5. The molecular formula is C18H18N6O2. The molecule has 1 aromatic heterocycles. The minimum atomic E-state index is -0.269. The smallest absolute Gasteiger partial charge is 0.255 e. The zero-order chi connectivity index (χ0) is 18.5. The Balaban J connectivity index is 1.80. The molecule has 0 aliphatic heterocycles. The van der Waals surface area contributed by atoms with Crippen LogP contribution in [0.25, 0.3) is 11.4 Å². The summed E-state index contributed by atoms with van der Waals surface area (Å²) >= 11 is 0. The van der Waals surface area contributed by atoms with E-state index in [-0.39, 0.29) is 11.8 Å². The molecule has 3 aromatic rings.